The van der Waals surface area contributed by atoms with Gasteiger partial charge in [-0.05, 0) is 36.3 Å². The van der Waals surface area contributed by atoms with Gasteiger partial charge in [-0.3, -0.25) is 4.79 Å². The molecule has 4 nitrogen and oxygen atoms in total. The largest absolute Gasteiger partial charge is 0.486 e. The molecule has 2 aliphatic rings. The first-order chi connectivity index (χ1) is 9.56. The number of halogens is 1. The van der Waals surface area contributed by atoms with Gasteiger partial charge >= 0.3 is 5.97 Å². The maximum atomic E-state index is 10.9. The number of hydrogen-bond acceptors (Lipinski definition) is 3. The molecule has 1 aromatic carbocycles. The summed E-state index contributed by atoms with van der Waals surface area (Å²) in [5.41, 5.74) is 0.999. The number of ether oxygens (including phenoxy) is 2. The van der Waals surface area contributed by atoms with Gasteiger partial charge < -0.3 is 14.6 Å². The van der Waals surface area contributed by atoms with E-state index in [4.69, 9.17) is 26.2 Å². The number of carboxylic acids is 1. The highest BCUT2D eigenvalue weighted by Crippen LogP contribution is 2.46. The molecule has 108 valence electrons. The molecule has 1 N–H and O–H groups in total. The third-order valence-electron chi connectivity index (χ3n) is 4.14. The second kappa shape index (κ2) is 5.17. The smallest absolute Gasteiger partial charge is 0.306 e. The van der Waals surface area contributed by atoms with Crippen molar-refractivity contribution in [3.8, 4) is 11.5 Å². The van der Waals surface area contributed by atoms with E-state index in [0.29, 0.717) is 29.9 Å². The summed E-state index contributed by atoms with van der Waals surface area (Å²) in [6.45, 7) is 3.18. The first kappa shape index (κ1) is 13.6. The van der Waals surface area contributed by atoms with Crippen LogP contribution < -0.4 is 9.47 Å². The third-order valence-corrected chi connectivity index (χ3v) is 4.49. The Bertz CT molecular complexity index is 543. The average Bonchev–Trinajstić information content (AvgIpc) is 3.20. The summed E-state index contributed by atoms with van der Waals surface area (Å²) in [5.74, 6) is 1.12. The average molecular weight is 297 g/mol. The van der Waals surface area contributed by atoms with E-state index in [1.54, 1.807) is 6.07 Å². The number of hydrogen-bond donors (Lipinski definition) is 1. The number of benzene rings is 1. The molecule has 3 unspecified atom stereocenters. The zero-order chi connectivity index (χ0) is 14.3. The highest BCUT2D eigenvalue weighted by atomic mass is 35.5. The first-order valence-corrected chi connectivity index (χ1v) is 7.25. The normalized spacial score (nSPS) is 25.1. The summed E-state index contributed by atoms with van der Waals surface area (Å²) in [5, 5.41) is 9.65. The zero-order valence-electron chi connectivity index (χ0n) is 11.3. The molecule has 20 heavy (non-hydrogen) atoms. The van der Waals surface area contributed by atoms with Crippen molar-refractivity contribution < 1.29 is 19.4 Å². The molecule has 0 radical (unpaired) electrons. The number of fused-ring (bicyclic) bond motifs is 1. The fourth-order valence-electron chi connectivity index (χ4n) is 2.89. The van der Waals surface area contributed by atoms with Crippen LogP contribution >= 0.6 is 11.6 Å². The maximum absolute atomic E-state index is 10.9. The third kappa shape index (κ3) is 2.57. The van der Waals surface area contributed by atoms with Crippen LogP contribution in [0.4, 0.5) is 0 Å². The Morgan fingerprint density at radius 1 is 1.40 bits per heavy atom. The minimum Gasteiger partial charge on any atom is -0.486 e. The Kier molecular flexibility index (Phi) is 3.50. The molecule has 1 fully saturated rings. The highest BCUT2D eigenvalue weighted by Gasteiger charge is 2.46. The van der Waals surface area contributed by atoms with Gasteiger partial charge in [0.2, 0.25) is 0 Å². The molecule has 1 aliphatic carbocycles. The van der Waals surface area contributed by atoms with Crippen LogP contribution in [0.3, 0.4) is 0 Å². The monoisotopic (exact) mass is 296 g/mol. The molecular weight excluding hydrogens is 280 g/mol. The van der Waals surface area contributed by atoms with Crippen LogP contribution in [-0.4, -0.2) is 24.3 Å². The van der Waals surface area contributed by atoms with Crippen molar-refractivity contribution >= 4 is 17.6 Å². The van der Waals surface area contributed by atoms with Crippen molar-refractivity contribution in [3.63, 3.8) is 0 Å². The molecule has 5 heteroatoms. The predicted molar refractivity (Wildman–Crippen MR) is 74.5 cm³/mol. The van der Waals surface area contributed by atoms with Crippen molar-refractivity contribution in [2.24, 2.45) is 17.8 Å². The molecule has 0 aromatic heterocycles. The zero-order valence-corrected chi connectivity index (χ0v) is 12.0. The van der Waals surface area contributed by atoms with E-state index < -0.39 is 5.97 Å². The lowest BCUT2D eigenvalue weighted by Crippen LogP contribution is -2.16. The van der Waals surface area contributed by atoms with Crippen LogP contribution in [0.1, 0.15) is 18.9 Å². The Morgan fingerprint density at radius 3 is 2.65 bits per heavy atom. The maximum Gasteiger partial charge on any atom is 0.306 e. The van der Waals surface area contributed by atoms with Gasteiger partial charge in [-0.2, -0.15) is 0 Å². The fourth-order valence-corrected chi connectivity index (χ4v) is 3.12. The quantitative estimate of drug-likeness (QED) is 0.928. The molecule has 1 aliphatic heterocycles. The Morgan fingerprint density at radius 2 is 2.05 bits per heavy atom. The SMILES string of the molecule is CC(Cc1cc2c(cc1Cl)OCCO2)C1CC1C(=O)O. The van der Waals surface area contributed by atoms with E-state index in [9.17, 15) is 4.79 Å². The summed E-state index contributed by atoms with van der Waals surface area (Å²) in [4.78, 5) is 10.9. The Labute approximate surface area is 122 Å². The summed E-state index contributed by atoms with van der Waals surface area (Å²) >= 11 is 6.28. The second-order valence-electron chi connectivity index (χ2n) is 5.61. The fraction of sp³-hybridized carbons (Fsp3) is 0.533. The number of carboxylic acid groups (broad SMARTS) is 1. The van der Waals surface area contributed by atoms with Crippen molar-refractivity contribution in [2.75, 3.05) is 13.2 Å². The minimum absolute atomic E-state index is 0.180. The lowest BCUT2D eigenvalue weighted by atomic mass is 9.95. The van der Waals surface area contributed by atoms with Crippen LogP contribution in [0, 0.1) is 17.8 Å². The summed E-state index contributed by atoms with van der Waals surface area (Å²) in [7, 11) is 0. The molecule has 1 saturated carbocycles. The van der Waals surface area contributed by atoms with Gasteiger partial charge in [-0.1, -0.05) is 18.5 Å². The van der Waals surface area contributed by atoms with Gasteiger partial charge in [-0.25, -0.2) is 0 Å². The molecule has 0 amide bonds. The van der Waals surface area contributed by atoms with Crippen LogP contribution in [0.15, 0.2) is 12.1 Å². The van der Waals surface area contributed by atoms with Gasteiger partial charge in [0.25, 0.3) is 0 Å². The molecule has 1 aromatic rings. The van der Waals surface area contributed by atoms with Gasteiger partial charge in [-0.15, -0.1) is 0 Å². The number of rotatable bonds is 4. The molecule has 0 saturated heterocycles. The highest BCUT2D eigenvalue weighted by molar-refractivity contribution is 6.31. The van der Waals surface area contributed by atoms with Crippen molar-refractivity contribution in [1.82, 2.24) is 0 Å². The van der Waals surface area contributed by atoms with Crippen molar-refractivity contribution in [2.45, 2.75) is 19.8 Å². The molecule has 1 heterocycles. The van der Waals surface area contributed by atoms with E-state index in [1.165, 1.54) is 0 Å². The Balaban J connectivity index is 1.73. The molecule has 0 spiro atoms. The van der Waals surface area contributed by atoms with Crippen LogP contribution in [0.5, 0.6) is 11.5 Å². The molecular formula is C15H17ClO4. The van der Waals surface area contributed by atoms with Gasteiger partial charge in [0, 0.05) is 11.1 Å². The second-order valence-corrected chi connectivity index (χ2v) is 6.02. The summed E-state index contributed by atoms with van der Waals surface area (Å²) in [6, 6.07) is 3.71. The lowest BCUT2D eigenvalue weighted by Gasteiger charge is -2.20. The van der Waals surface area contributed by atoms with Crippen LogP contribution in [0.25, 0.3) is 0 Å². The van der Waals surface area contributed by atoms with Gasteiger partial charge in [0.15, 0.2) is 11.5 Å². The standard InChI is InChI=1S/C15H17ClO4/c1-8(10-6-11(10)15(17)18)4-9-5-13-14(7-12(9)16)20-3-2-19-13/h5,7-8,10-11H,2-4,6H2,1H3,(H,17,18). The lowest BCUT2D eigenvalue weighted by molar-refractivity contribution is -0.139. The number of aliphatic carboxylic acids is 1. The predicted octanol–water partition coefficient (Wildman–Crippen LogP) is 3.01. The van der Waals surface area contributed by atoms with Crippen molar-refractivity contribution in [3.05, 3.63) is 22.7 Å². The van der Waals surface area contributed by atoms with Crippen molar-refractivity contribution in [1.29, 1.82) is 0 Å². The van der Waals surface area contributed by atoms with Crippen LogP contribution in [0.2, 0.25) is 5.02 Å². The van der Waals surface area contributed by atoms with E-state index in [2.05, 4.69) is 6.92 Å². The van der Waals surface area contributed by atoms with E-state index in [0.717, 1.165) is 24.2 Å². The summed E-state index contributed by atoms with van der Waals surface area (Å²) in [6.07, 6.45) is 1.54. The molecule has 0 bridgehead atoms. The minimum atomic E-state index is -0.685. The molecule has 3 atom stereocenters. The van der Waals surface area contributed by atoms with Gasteiger partial charge in [0.1, 0.15) is 13.2 Å². The van der Waals surface area contributed by atoms with Crippen LogP contribution in [-0.2, 0) is 11.2 Å². The van der Waals surface area contributed by atoms with E-state index >= 15 is 0 Å². The van der Waals surface area contributed by atoms with E-state index in [-0.39, 0.29) is 11.8 Å². The van der Waals surface area contributed by atoms with E-state index in [1.807, 2.05) is 6.07 Å². The molecule has 3 rings (SSSR count). The topological polar surface area (TPSA) is 55.8 Å². The number of carbonyl (C=O) groups is 1. The summed E-state index contributed by atoms with van der Waals surface area (Å²) < 4.78 is 11.0. The van der Waals surface area contributed by atoms with Gasteiger partial charge in [0.05, 0.1) is 5.92 Å². The Hall–Kier alpha value is -1.42. The first-order valence-electron chi connectivity index (χ1n) is 6.87.